The summed E-state index contributed by atoms with van der Waals surface area (Å²) in [5.41, 5.74) is 1.50. The second kappa shape index (κ2) is 5.14. The van der Waals surface area contributed by atoms with Gasteiger partial charge >= 0.3 is 10.1 Å². The fourth-order valence-electron chi connectivity index (χ4n) is 2.76. The first-order chi connectivity index (χ1) is 9.07. The summed E-state index contributed by atoms with van der Waals surface area (Å²) in [4.78, 5) is 0. The van der Waals surface area contributed by atoms with Gasteiger partial charge in [-0.1, -0.05) is 0 Å². The number of thiophene rings is 1. The molecule has 1 aromatic rings. The maximum Gasteiger partial charge on any atom is 0.304 e. The molecule has 2 aliphatic heterocycles. The highest BCUT2D eigenvalue weighted by atomic mass is 32.3. The minimum atomic E-state index is -4.20. The van der Waals surface area contributed by atoms with Gasteiger partial charge in [0.15, 0.2) is 4.21 Å². The molecule has 19 heavy (non-hydrogen) atoms. The molecule has 5 nitrogen and oxygen atoms in total. The maximum atomic E-state index is 11.5. The van der Waals surface area contributed by atoms with Crippen LogP contribution in [-0.2, 0) is 19.6 Å². The molecule has 1 aromatic heterocycles. The Kier molecular flexibility index (Phi) is 3.65. The molecule has 2 saturated heterocycles. The molecule has 3 rings (SSSR count). The second-order valence-electron chi connectivity index (χ2n) is 4.87. The third kappa shape index (κ3) is 2.57. The zero-order valence-corrected chi connectivity index (χ0v) is 12.0. The number of rotatable bonds is 3. The smallest absolute Gasteiger partial charge is 0.304 e. The van der Waals surface area contributed by atoms with E-state index in [4.69, 9.17) is 9.47 Å². The molecular weight excluding hydrogens is 288 g/mol. The SMILES string of the molecule is O=S(=O)(O)c1scc(C2CCCO2)c1C1CCCO1. The minimum Gasteiger partial charge on any atom is -0.373 e. The van der Waals surface area contributed by atoms with Crippen LogP contribution in [0, 0.1) is 0 Å². The first-order valence-corrected chi connectivity index (χ1v) is 8.71. The van der Waals surface area contributed by atoms with E-state index in [9.17, 15) is 13.0 Å². The summed E-state index contributed by atoms with van der Waals surface area (Å²) in [6, 6.07) is 0. The number of hydrogen-bond donors (Lipinski definition) is 1. The zero-order chi connectivity index (χ0) is 13.5. The van der Waals surface area contributed by atoms with E-state index in [2.05, 4.69) is 0 Å². The first-order valence-electron chi connectivity index (χ1n) is 6.39. The molecule has 0 aromatic carbocycles. The highest BCUT2D eigenvalue weighted by Crippen LogP contribution is 2.44. The van der Waals surface area contributed by atoms with Crippen molar-refractivity contribution < 1.29 is 22.4 Å². The van der Waals surface area contributed by atoms with Crippen LogP contribution in [-0.4, -0.2) is 26.2 Å². The quantitative estimate of drug-likeness (QED) is 0.869. The summed E-state index contributed by atoms with van der Waals surface area (Å²) in [5.74, 6) is 0. The second-order valence-corrected chi connectivity index (χ2v) is 7.37. The topological polar surface area (TPSA) is 72.8 Å². The van der Waals surface area contributed by atoms with Crippen molar-refractivity contribution in [3.8, 4) is 0 Å². The largest absolute Gasteiger partial charge is 0.373 e. The van der Waals surface area contributed by atoms with Gasteiger partial charge in [0.25, 0.3) is 0 Å². The third-order valence-electron chi connectivity index (χ3n) is 3.59. The lowest BCUT2D eigenvalue weighted by molar-refractivity contribution is 0.0933. The van der Waals surface area contributed by atoms with Crippen LogP contribution in [0.25, 0.3) is 0 Å². The van der Waals surface area contributed by atoms with E-state index in [0.29, 0.717) is 18.8 Å². The van der Waals surface area contributed by atoms with Crippen LogP contribution in [0.5, 0.6) is 0 Å². The van der Waals surface area contributed by atoms with Gasteiger partial charge in [-0.3, -0.25) is 4.55 Å². The fourth-order valence-corrected chi connectivity index (χ4v) is 4.80. The van der Waals surface area contributed by atoms with Crippen molar-refractivity contribution in [1.29, 1.82) is 0 Å². The number of ether oxygens (including phenoxy) is 2. The van der Waals surface area contributed by atoms with Gasteiger partial charge in [-0.25, -0.2) is 0 Å². The van der Waals surface area contributed by atoms with Crippen molar-refractivity contribution >= 4 is 21.5 Å². The van der Waals surface area contributed by atoms with Crippen molar-refractivity contribution in [2.24, 2.45) is 0 Å². The Morgan fingerprint density at radius 1 is 1.16 bits per heavy atom. The van der Waals surface area contributed by atoms with Crippen LogP contribution in [0.15, 0.2) is 9.59 Å². The lowest BCUT2D eigenvalue weighted by Gasteiger charge is -2.16. The summed E-state index contributed by atoms with van der Waals surface area (Å²) in [7, 11) is -4.20. The molecular formula is C12H16O5S2. The van der Waals surface area contributed by atoms with Gasteiger partial charge in [-0.05, 0) is 36.6 Å². The Morgan fingerprint density at radius 2 is 1.79 bits per heavy atom. The van der Waals surface area contributed by atoms with E-state index < -0.39 is 10.1 Å². The normalized spacial score (nSPS) is 28.1. The van der Waals surface area contributed by atoms with Crippen LogP contribution in [0.2, 0.25) is 0 Å². The van der Waals surface area contributed by atoms with Crippen LogP contribution >= 0.6 is 11.3 Å². The predicted molar refractivity (Wildman–Crippen MR) is 70.0 cm³/mol. The van der Waals surface area contributed by atoms with Crippen molar-refractivity contribution in [1.82, 2.24) is 0 Å². The van der Waals surface area contributed by atoms with Crippen LogP contribution < -0.4 is 0 Å². The van der Waals surface area contributed by atoms with Crippen LogP contribution in [0.4, 0.5) is 0 Å². The zero-order valence-electron chi connectivity index (χ0n) is 10.4. The third-order valence-corrected chi connectivity index (χ3v) is 6.00. The lowest BCUT2D eigenvalue weighted by Crippen LogP contribution is -2.08. The van der Waals surface area contributed by atoms with Gasteiger partial charge in [0.1, 0.15) is 0 Å². The molecule has 2 fully saturated rings. The van der Waals surface area contributed by atoms with Crippen molar-refractivity contribution in [3.63, 3.8) is 0 Å². The Labute approximate surface area is 116 Å². The van der Waals surface area contributed by atoms with E-state index in [0.717, 1.165) is 42.6 Å². The molecule has 106 valence electrons. The molecule has 7 heteroatoms. The van der Waals surface area contributed by atoms with E-state index in [1.807, 2.05) is 0 Å². The molecule has 1 N–H and O–H groups in total. The minimum absolute atomic E-state index is 0.0184. The maximum absolute atomic E-state index is 11.5. The molecule has 0 bridgehead atoms. The lowest BCUT2D eigenvalue weighted by atomic mass is 10.0. The molecule has 0 amide bonds. The molecule has 0 spiro atoms. The Hall–Kier alpha value is -0.470. The van der Waals surface area contributed by atoms with E-state index in [1.54, 1.807) is 5.38 Å². The Bertz CT molecular complexity index is 551. The highest BCUT2D eigenvalue weighted by molar-refractivity contribution is 7.88. The monoisotopic (exact) mass is 304 g/mol. The summed E-state index contributed by atoms with van der Waals surface area (Å²) in [6.45, 7) is 1.34. The first kappa shape index (κ1) is 13.5. The average molecular weight is 304 g/mol. The van der Waals surface area contributed by atoms with Gasteiger partial charge in [-0.15, -0.1) is 11.3 Å². The molecule has 2 unspecified atom stereocenters. The standard InChI is InChI=1S/C12H16O5S2/c13-19(14,15)12-11(10-4-2-6-17-10)8(7-18-12)9-3-1-5-16-9/h7,9-10H,1-6H2,(H,13,14,15). The van der Waals surface area contributed by atoms with E-state index >= 15 is 0 Å². The van der Waals surface area contributed by atoms with Gasteiger partial charge in [0, 0.05) is 18.8 Å². The summed E-state index contributed by atoms with van der Waals surface area (Å²) < 4.78 is 43.7. The van der Waals surface area contributed by atoms with Crippen molar-refractivity contribution in [2.45, 2.75) is 42.1 Å². The van der Waals surface area contributed by atoms with Gasteiger partial charge in [-0.2, -0.15) is 8.42 Å². The summed E-state index contributed by atoms with van der Waals surface area (Å²) in [6.07, 6.45) is 3.27. The van der Waals surface area contributed by atoms with Crippen LogP contribution in [0.1, 0.15) is 49.0 Å². The molecule has 3 heterocycles. The van der Waals surface area contributed by atoms with E-state index in [-0.39, 0.29) is 16.4 Å². The number of hydrogen-bond acceptors (Lipinski definition) is 5. The molecule has 2 aliphatic rings. The summed E-state index contributed by atoms with van der Waals surface area (Å²) in [5, 5.41) is 1.79. The molecule has 0 saturated carbocycles. The highest BCUT2D eigenvalue weighted by Gasteiger charge is 2.34. The fraction of sp³-hybridized carbons (Fsp3) is 0.667. The van der Waals surface area contributed by atoms with Crippen molar-refractivity contribution in [3.05, 3.63) is 16.5 Å². The molecule has 0 radical (unpaired) electrons. The van der Waals surface area contributed by atoms with Crippen LogP contribution in [0.3, 0.4) is 0 Å². The average Bonchev–Trinajstić information content (AvgIpc) is 3.09. The van der Waals surface area contributed by atoms with Crippen molar-refractivity contribution in [2.75, 3.05) is 13.2 Å². The van der Waals surface area contributed by atoms with E-state index in [1.165, 1.54) is 0 Å². The Morgan fingerprint density at radius 3 is 2.32 bits per heavy atom. The molecule has 0 aliphatic carbocycles. The molecule has 2 atom stereocenters. The summed E-state index contributed by atoms with van der Waals surface area (Å²) >= 11 is 1.06. The Balaban J connectivity index is 2.06. The van der Waals surface area contributed by atoms with Gasteiger partial charge < -0.3 is 9.47 Å². The predicted octanol–water partition coefficient (Wildman–Crippen LogP) is 2.70. The van der Waals surface area contributed by atoms with Gasteiger partial charge in [0.2, 0.25) is 0 Å². The van der Waals surface area contributed by atoms with Gasteiger partial charge in [0.05, 0.1) is 12.2 Å².